The molecule has 1 aromatic carbocycles. The summed E-state index contributed by atoms with van der Waals surface area (Å²) in [6.45, 7) is 4.11. The molecule has 0 radical (unpaired) electrons. The third-order valence-corrected chi connectivity index (χ3v) is 2.95. The van der Waals surface area contributed by atoms with E-state index >= 15 is 0 Å². The second-order valence-electron chi connectivity index (χ2n) is 3.78. The Kier molecular flexibility index (Phi) is 1.77. The average Bonchev–Trinajstić information content (AvgIpc) is 2.38. The SMILES string of the molecule is Cc1ccc2c(c1C)n(C)c(=O)n2C. The van der Waals surface area contributed by atoms with Crippen LogP contribution in [0.15, 0.2) is 16.9 Å². The molecule has 0 N–H and O–H groups in total. The van der Waals surface area contributed by atoms with Crippen molar-refractivity contribution in [3.63, 3.8) is 0 Å². The predicted molar refractivity (Wildman–Crippen MR) is 57.6 cm³/mol. The summed E-state index contributed by atoms with van der Waals surface area (Å²) >= 11 is 0. The van der Waals surface area contributed by atoms with Crippen LogP contribution in [0.5, 0.6) is 0 Å². The molecule has 0 saturated carbocycles. The van der Waals surface area contributed by atoms with E-state index in [0.29, 0.717) is 0 Å². The zero-order valence-corrected chi connectivity index (χ0v) is 8.96. The lowest BCUT2D eigenvalue weighted by Gasteiger charge is -2.02. The summed E-state index contributed by atoms with van der Waals surface area (Å²) in [7, 11) is 3.62. The number of hydrogen-bond donors (Lipinski definition) is 0. The Hall–Kier alpha value is -1.51. The molecule has 0 unspecified atom stereocenters. The molecule has 0 amide bonds. The fourth-order valence-corrected chi connectivity index (χ4v) is 1.90. The van der Waals surface area contributed by atoms with Gasteiger partial charge in [0.15, 0.2) is 0 Å². The second-order valence-corrected chi connectivity index (χ2v) is 3.78. The molecule has 0 spiro atoms. The van der Waals surface area contributed by atoms with Crippen LogP contribution in [0.3, 0.4) is 0 Å². The van der Waals surface area contributed by atoms with E-state index in [0.717, 1.165) is 11.0 Å². The summed E-state index contributed by atoms with van der Waals surface area (Å²) in [5, 5.41) is 0. The van der Waals surface area contributed by atoms with Crippen molar-refractivity contribution < 1.29 is 0 Å². The third-order valence-electron chi connectivity index (χ3n) is 2.95. The Morgan fingerprint density at radius 1 is 1.07 bits per heavy atom. The van der Waals surface area contributed by atoms with E-state index in [-0.39, 0.29) is 5.69 Å². The summed E-state index contributed by atoms with van der Waals surface area (Å²) < 4.78 is 3.39. The third kappa shape index (κ3) is 0.953. The molecule has 0 aliphatic rings. The van der Waals surface area contributed by atoms with E-state index in [2.05, 4.69) is 19.9 Å². The first-order valence-electron chi connectivity index (χ1n) is 4.65. The largest absolute Gasteiger partial charge is 0.328 e. The van der Waals surface area contributed by atoms with Crippen LogP contribution in [0.25, 0.3) is 11.0 Å². The Morgan fingerprint density at radius 3 is 2.36 bits per heavy atom. The molecule has 2 rings (SSSR count). The first kappa shape index (κ1) is 9.06. The van der Waals surface area contributed by atoms with E-state index in [4.69, 9.17) is 0 Å². The van der Waals surface area contributed by atoms with Crippen LogP contribution >= 0.6 is 0 Å². The number of rotatable bonds is 0. The van der Waals surface area contributed by atoms with Crippen LogP contribution < -0.4 is 5.69 Å². The van der Waals surface area contributed by atoms with Gasteiger partial charge >= 0.3 is 5.69 Å². The number of aryl methyl sites for hydroxylation is 4. The van der Waals surface area contributed by atoms with Crippen LogP contribution in [-0.2, 0) is 14.1 Å². The molecule has 2 aromatic rings. The normalized spacial score (nSPS) is 11.1. The lowest BCUT2D eigenvalue weighted by atomic mass is 10.1. The molecular weight excluding hydrogens is 176 g/mol. The van der Waals surface area contributed by atoms with E-state index in [9.17, 15) is 4.79 Å². The van der Waals surface area contributed by atoms with Gasteiger partial charge in [0.1, 0.15) is 0 Å². The summed E-state index contributed by atoms with van der Waals surface area (Å²) in [6, 6.07) is 4.05. The molecule has 1 aromatic heterocycles. The first-order valence-corrected chi connectivity index (χ1v) is 4.65. The predicted octanol–water partition coefficient (Wildman–Crippen LogP) is 1.49. The van der Waals surface area contributed by atoms with Crippen molar-refractivity contribution in [1.29, 1.82) is 0 Å². The van der Waals surface area contributed by atoms with Gasteiger partial charge in [0.2, 0.25) is 0 Å². The minimum atomic E-state index is 0.0358. The van der Waals surface area contributed by atoms with Crippen LogP contribution in [-0.4, -0.2) is 9.13 Å². The zero-order valence-electron chi connectivity index (χ0n) is 8.96. The number of nitrogens with zero attached hydrogens (tertiary/aromatic N) is 2. The molecule has 0 aliphatic heterocycles. The van der Waals surface area contributed by atoms with Crippen LogP contribution in [0.1, 0.15) is 11.1 Å². The molecule has 3 nitrogen and oxygen atoms in total. The molecule has 0 bridgehead atoms. The van der Waals surface area contributed by atoms with Crippen molar-refractivity contribution in [2.45, 2.75) is 13.8 Å². The van der Waals surface area contributed by atoms with Gasteiger partial charge < -0.3 is 0 Å². The lowest BCUT2D eigenvalue weighted by Crippen LogP contribution is -2.19. The van der Waals surface area contributed by atoms with Crippen LogP contribution in [0.4, 0.5) is 0 Å². The Balaban J connectivity index is 3.11. The highest BCUT2D eigenvalue weighted by molar-refractivity contribution is 5.80. The van der Waals surface area contributed by atoms with E-state index in [1.165, 1.54) is 11.1 Å². The molecular formula is C11H14N2O. The molecule has 74 valence electrons. The van der Waals surface area contributed by atoms with Crippen LogP contribution in [0, 0.1) is 13.8 Å². The topological polar surface area (TPSA) is 26.9 Å². The van der Waals surface area contributed by atoms with Gasteiger partial charge in [0, 0.05) is 14.1 Å². The maximum atomic E-state index is 11.7. The Labute approximate surface area is 82.6 Å². The van der Waals surface area contributed by atoms with Crippen molar-refractivity contribution in [3.8, 4) is 0 Å². The van der Waals surface area contributed by atoms with Crippen LogP contribution in [0.2, 0.25) is 0 Å². The summed E-state index contributed by atoms with van der Waals surface area (Å²) in [4.78, 5) is 11.7. The minimum absolute atomic E-state index is 0.0358. The monoisotopic (exact) mass is 190 g/mol. The number of hydrogen-bond acceptors (Lipinski definition) is 1. The maximum absolute atomic E-state index is 11.7. The van der Waals surface area contributed by atoms with Crippen molar-refractivity contribution in [3.05, 3.63) is 33.7 Å². The van der Waals surface area contributed by atoms with Crippen molar-refractivity contribution in [2.75, 3.05) is 0 Å². The van der Waals surface area contributed by atoms with Gasteiger partial charge in [-0.3, -0.25) is 9.13 Å². The molecule has 3 heteroatoms. The summed E-state index contributed by atoms with van der Waals surface area (Å²) in [5.41, 5.74) is 4.48. The highest BCUT2D eigenvalue weighted by atomic mass is 16.1. The number of imidazole rings is 1. The van der Waals surface area contributed by atoms with E-state index < -0.39 is 0 Å². The van der Waals surface area contributed by atoms with Crippen molar-refractivity contribution in [1.82, 2.24) is 9.13 Å². The molecule has 0 fully saturated rings. The Morgan fingerprint density at radius 2 is 1.71 bits per heavy atom. The fourth-order valence-electron chi connectivity index (χ4n) is 1.90. The fraction of sp³-hybridized carbons (Fsp3) is 0.364. The quantitative estimate of drug-likeness (QED) is 0.618. The van der Waals surface area contributed by atoms with Crippen molar-refractivity contribution in [2.24, 2.45) is 14.1 Å². The summed E-state index contributed by atoms with van der Waals surface area (Å²) in [5.74, 6) is 0. The Bertz CT molecular complexity index is 561. The molecule has 14 heavy (non-hydrogen) atoms. The standard InChI is InChI=1S/C11H14N2O/c1-7-5-6-9-10(8(7)2)13(4)11(14)12(9)3/h5-6H,1-4H3. The van der Waals surface area contributed by atoms with Crippen molar-refractivity contribution >= 4 is 11.0 Å². The number of benzene rings is 1. The minimum Gasteiger partial charge on any atom is -0.295 e. The number of aromatic nitrogens is 2. The van der Waals surface area contributed by atoms with E-state index in [1.807, 2.05) is 13.1 Å². The highest BCUT2D eigenvalue weighted by Crippen LogP contribution is 2.19. The maximum Gasteiger partial charge on any atom is 0.328 e. The molecule has 1 heterocycles. The lowest BCUT2D eigenvalue weighted by molar-refractivity contribution is 0.794. The zero-order chi connectivity index (χ0) is 10.5. The number of fused-ring (bicyclic) bond motifs is 1. The van der Waals surface area contributed by atoms with Gasteiger partial charge in [0.25, 0.3) is 0 Å². The highest BCUT2D eigenvalue weighted by Gasteiger charge is 2.10. The average molecular weight is 190 g/mol. The summed E-state index contributed by atoms with van der Waals surface area (Å²) in [6.07, 6.45) is 0. The van der Waals surface area contributed by atoms with Gasteiger partial charge in [-0.1, -0.05) is 6.07 Å². The van der Waals surface area contributed by atoms with Gasteiger partial charge in [0.05, 0.1) is 11.0 Å². The smallest absolute Gasteiger partial charge is 0.295 e. The molecule has 0 atom stereocenters. The first-order chi connectivity index (χ1) is 6.54. The van der Waals surface area contributed by atoms with E-state index in [1.54, 1.807) is 16.2 Å². The van der Waals surface area contributed by atoms with Gasteiger partial charge in [-0.15, -0.1) is 0 Å². The molecule has 0 aliphatic carbocycles. The van der Waals surface area contributed by atoms with Gasteiger partial charge in [-0.05, 0) is 31.0 Å². The van der Waals surface area contributed by atoms with Gasteiger partial charge in [-0.2, -0.15) is 0 Å². The van der Waals surface area contributed by atoms with Gasteiger partial charge in [-0.25, -0.2) is 4.79 Å². The second kappa shape index (κ2) is 2.74. The molecule has 0 saturated heterocycles.